The Morgan fingerprint density at radius 1 is 1.09 bits per heavy atom. The molecule has 0 radical (unpaired) electrons. The van der Waals surface area contributed by atoms with Gasteiger partial charge in [-0.2, -0.15) is 5.10 Å². The Balaban J connectivity index is 1.41. The average Bonchev–Trinajstić information content (AvgIpc) is 3.33. The number of piperazine rings is 1. The first-order chi connectivity index (χ1) is 16.2. The molecule has 2 aromatic heterocycles. The Kier molecular flexibility index (Phi) is 6.26. The predicted octanol–water partition coefficient (Wildman–Crippen LogP) is 2.40. The number of hydrogen-bond donors (Lipinski definition) is 5. The van der Waals surface area contributed by atoms with Crippen LogP contribution in [0.5, 0.6) is 0 Å². The van der Waals surface area contributed by atoms with E-state index in [4.69, 9.17) is 9.54 Å². The molecule has 3 heterocycles. The lowest BCUT2D eigenvalue weighted by Crippen LogP contribution is -2.43. The summed E-state index contributed by atoms with van der Waals surface area (Å²) in [5.41, 5.74) is 5.18. The van der Waals surface area contributed by atoms with E-state index >= 15 is 0 Å². The molecule has 33 heavy (non-hydrogen) atoms. The van der Waals surface area contributed by atoms with E-state index in [-0.39, 0.29) is 6.54 Å². The highest BCUT2D eigenvalue weighted by Crippen LogP contribution is 2.27. The van der Waals surface area contributed by atoms with Crippen LogP contribution in [-0.4, -0.2) is 55.1 Å². The van der Waals surface area contributed by atoms with Crippen molar-refractivity contribution in [1.29, 1.82) is 0 Å². The first-order valence-corrected chi connectivity index (χ1v) is 11.7. The van der Waals surface area contributed by atoms with Crippen LogP contribution in [0.4, 0.5) is 17.2 Å². The zero-order valence-electron chi connectivity index (χ0n) is 17.8. The molecule has 4 aromatic rings. The van der Waals surface area contributed by atoms with E-state index in [1.807, 2.05) is 36.4 Å². The van der Waals surface area contributed by atoms with Crippen LogP contribution in [0.1, 0.15) is 5.56 Å². The van der Waals surface area contributed by atoms with Crippen molar-refractivity contribution in [2.45, 2.75) is 6.54 Å². The molecule has 1 aliphatic heterocycles. The van der Waals surface area contributed by atoms with Crippen molar-refractivity contribution in [3.8, 4) is 11.4 Å². The third-order valence-electron chi connectivity index (χ3n) is 5.50. The minimum absolute atomic E-state index is 0.259. The number of H-pyrrole nitrogens is 1. The molecule has 11 heteroatoms. The summed E-state index contributed by atoms with van der Waals surface area (Å²) in [7, 11) is 0. The SMILES string of the molecule is O=S(O)NCc1cccc(-c2nc(Nc3ccc(N4CCNCC4)cc3)c3[nH]ncc3n2)c1. The second kappa shape index (κ2) is 9.63. The number of nitrogens with one attached hydrogen (secondary N) is 4. The van der Waals surface area contributed by atoms with Gasteiger partial charge in [0.2, 0.25) is 11.3 Å². The van der Waals surface area contributed by atoms with Gasteiger partial charge in [0.25, 0.3) is 0 Å². The van der Waals surface area contributed by atoms with Crippen molar-refractivity contribution in [2.75, 3.05) is 36.4 Å². The van der Waals surface area contributed by atoms with Crippen LogP contribution in [0.15, 0.2) is 54.7 Å². The third kappa shape index (κ3) is 5.01. The normalized spacial score (nSPS) is 15.0. The fourth-order valence-electron chi connectivity index (χ4n) is 3.84. The van der Waals surface area contributed by atoms with Crippen LogP contribution in [0.25, 0.3) is 22.4 Å². The molecule has 1 fully saturated rings. The molecular formula is C22H24N8O2S. The average molecular weight is 465 g/mol. The van der Waals surface area contributed by atoms with E-state index in [0.717, 1.165) is 48.5 Å². The van der Waals surface area contributed by atoms with Crippen molar-refractivity contribution >= 4 is 39.5 Å². The van der Waals surface area contributed by atoms with Crippen LogP contribution in [0.3, 0.4) is 0 Å². The summed E-state index contributed by atoms with van der Waals surface area (Å²) < 4.78 is 22.4. The van der Waals surface area contributed by atoms with Gasteiger partial charge in [-0.1, -0.05) is 18.2 Å². The monoisotopic (exact) mass is 464 g/mol. The minimum atomic E-state index is -2.07. The molecule has 2 aromatic carbocycles. The van der Waals surface area contributed by atoms with Gasteiger partial charge in [0, 0.05) is 49.7 Å². The maximum absolute atomic E-state index is 10.9. The Labute approximate surface area is 193 Å². The van der Waals surface area contributed by atoms with Crippen LogP contribution < -0.4 is 20.3 Å². The zero-order valence-corrected chi connectivity index (χ0v) is 18.6. The van der Waals surface area contributed by atoms with Gasteiger partial charge in [-0.05, 0) is 35.9 Å². The molecule has 1 atom stereocenters. The molecule has 10 nitrogen and oxygen atoms in total. The van der Waals surface area contributed by atoms with Gasteiger partial charge in [-0.3, -0.25) is 9.65 Å². The molecule has 5 rings (SSSR count). The summed E-state index contributed by atoms with van der Waals surface area (Å²) in [6, 6.07) is 15.9. The lowest BCUT2D eigenvalue weighted by atomic mass is 10.1. The quantitative estimate of drug-likeness (QED) is 0.264. The Bertz CT molecular complexity index is 1270. The van der Waals surface area contributed by atoms with Crippen molar-refractivity contribution in [1.82, 2.24) is 30.2 Å². The summed E-state index contributed by atoms with van der Waals surface area (Å²) in [6.07, 6.45) is 1.67. The number of hydrogen-bond acceptors (Lipinski definition) is 7. The van der Waals surface area contributed by atoms with Gasteiger partial charge in [0.05, 0.1) is 6.20 Å². The molecule has 0 aliphatic carbocycles. The summed E-state index contributed by atoms with van der Waals surface area (Å²) in [6.45, 7) is 4.25. The number of anilines is 3. The highest BCUT2D eigenvalue weighted by molar-refractivity contribution is 7.77. The third-order valence-corrected chi connectivity index (χ3v) is 5.89. The Hall–Kier alpha value is -3.38. The second-order valence-electron chi connectivity index (χ2n) is 7.71. The van der Waals surface area contributed by atoms with Crippen molar-refractivity contribution < 1.29 is 8.76 Å². The van der Waals surface area contributed by atoms with Gasteiger partial charge in [0.1, 0.15) is 11.0 Å². The maximum Gasteiger partial charge on any atom is 0.232 e. The number of fused-ring (bicyclic) bond motifs is 1. The number of aromatic nitrogens is 4. The van der Waals surface area contributed by atoms with E-state index in [1.165, 1.54) is 5.69 Å². The molecule has 0 saturated carbocycles. The van der Waals surface area contributed by atoms with E-state index in [0.29, 0.717) is 17.2 Å². The minimum Gasteiger partial charge on any atom is -0.369 e. The van der Waals surface area contributed by atoms with E-state index < -0.39 is 11.3 Å². The highest BCUT2D eigenvalue weighted by Gasteiger charge is 2.13. The molecule has 1 aliphatic rings. The first-order valence-electron chi connectivity index (χ1n) is 10.6. The van der Waals surface area contributed by atoms with Gasteiger partial charge < -0.3 is 15.5 Å². The fourth-order valence-corrected chi connectivity index (χ4v) is 4.13. The van der Waals surface area contributed by atoms with Crippen molar-refractivity contribution in [2.24, 2.45) is 0 Å². The van der Waals surface area contributed by atoms with Gasteiger partial charge in [-0.25, -0.2) is 18.9 Å². The van der Waals surface area contributed by atoms with Crippen LogP contribution >= 0.6 is 0 Å². The molecule has 1 saturated heterocycles. The smallest absolute Gasteiger partial charge is 0.232 e. The van der Waals surface area contributed by atoms with E-state index in [9.17, 15) is 4.21 Å². The van der Waals surface area contributed by atoms with Gasteiger partial charge >= 0.3 is 0 Å². The summed E-state index contributed by atoms with van der Waals surface area (Å²) >= 11 is -2.07. The van der Waals surface area contributed by atoms with Crippen molar-refractivity contribution in [3.05, 3.63) is 60.3 Å². The number of nitrogens with zero attached hydrogens (tertiary/aromatic N) is 4. The zero-order chi connectivity index (χ0) is 22.6. The second-order valence-corrected chi connectivity index (χ2v) is 8.49. The number of benzene rings is 2. The number of rotatable bonds is 7. The lowest BCUT2D eigenvalue weighted by Gasteiger charge is -2.29. The van der Waals surface area contributed by atoms with Crippen LogP contribution in [-0.2, 0) is 17.8 Å². The van der Waals surface area contributed by atoms with E-state index in [1.54, 1.807) is 6.20 Å². The van der Waals surface area contributed by atoms with Gasteiger partial charge in [0.15, 0.2) is 11.6 Å². The summed E-state index contributed by atoms with van der Waals surface area (Å²) in [5.74, 6) is 1.17. The molecule has 0 spiro atoms. The molecule has 0 amide bonds. The van der Waals surface area contributed by atoms with Crippen LogP contribution in [0, 0.1) is 0 Å². The Morgan fingerprint density at radius 2 is 1.91 bits per heavy atom. The standard InChI is InChI=1S/C22H24N8O2S/c31-33(32)25-13-15-2-1-3-16(12-15)21-27-19-14-24-29-20(19)22(28-21)26-17-4-6-18(7-5-17)30-10-8-23-9-11-30/h1-7,12,14,23,25H,8-11,13H2,(H,24,29)(H,31,32)(H,26,27,28). The lowest BCUT2D eigenvalue weighted by molar-refractivity contribution is 0.548. The Morgan fingerprint density at radius 3 is 2.70 bits per heavy atom. The first kappa shape index (κ1) is 21.5. The largest absolute Gasteiger partial charge is 0.369 e. The topological polar surface area (TPSA) is 131 Å². The summed E-state index contributed by atoms with van der Waals surface area (Å²) in [4.78, 5) is 11.7. The highest BCUT2D eigenvalue weighted by atomic mass is 32.2. The van der Waals surface area contributed by atoms with E-state index in [2.05, 4.69) is 47.6 Å². The van der Waals surface area contributed by atoms with Crippen molar-refractivity contribution in [3.63, 3.8) is 0 Å². The van der Waals surface area contributed by atoms with Gasteiger partial charge in [-0.15, -0.1) is 0 Å². The molecule has 5 N–H and O–H groups in total. The number of aromatic amines is 1. The summed E-state index contributed by atoms with van der Waals surface area (Å²) in [5, 5.41) is 13.9. The molecule has 170 valence electrons. The van der Waals surface area contributed by atoms with Crippen LogP contribution in [0.2, 0.25) is 0 Å². The maximum atomic E-state index is 10.9. The fraction of sp³-hybridized carbons (Fsp3) is 0.227. The predicted molar refractivity (Wildman–Crippen MR) is 130 cm³/mol. The molecule has 1 unspecified atom stereocenters. The molecular weight excluding hydrogens is 440 g/mol. The molecule has 0 bridgehead atoms.